The number of hydrogen-bond donors (Lipinski definition) is 1. The zero-order chi connectivity index (χ0) is 14.1. The second-order valence-electron chi connectivity index (χ2n) is 5.53. The van der Waals surface area contributed by atoms with Gasteiger partial charge in [-0.25, -0.2) is 9.78 Å². The van der Waals surface area contributed by atoms with E-state index in [0.717, 1.165) is 29.5 Å². The Labute approximate surface area is 122 Å². The highest BCUT2D eigenvalue weighted by Gasteiger charge is 2.23. The van der Waals surface area contributed by atoms with Crippen molar-refractivity contribution in [1.29, 1.82) is 0 Å². The normalized spacial score (nSPS) is 22.9. The molecule has 1 heterocycles. The van der Waals surface area contributed by atoms with E-state index in [-0.39, 0.29) is 12.1 Å². The molecule has 4 nitrogen and oxygen atoms in total. The van der Waals surface area contributed by atoms with Gasteiger partial charge in [0.05, 0.1) is 15.8 Å². The molecule has 20 heavy (non-hydrogen) atoms. The maximum Gasteiger partial charge on any atom is 0.338 e. The lowest BCUT2D eigenvalue weighted by Crippen LogP contribution is -2.24. The number of benzene rings is 1. The topological polar surface area (TPSA) is 65.2 Å². The second kappa shape index (κ2) is 5.40. The first-order valence-electron chi connectivity index (χ1n) is 6.99. The average Bonchev–Trinajstić information content (AvgIpc) is 2.77. The number of nitrogens with two attached hydrogens (primary N) is 1. The van der Waals surface area contributed by atoms with Crippen LogP contribution in [0.15, 0.2) is 18.2 Å². The molecule has 0 spiro atoms. The Kier molecular flexibility index (Phi) is 3.61. The minimum absolute atomic E-state index is 0.0634. The summed E-state index contributed by atoms with van der Waals surface area (Å²) >= 11 is 1.39. The van der Waals surface area contributed by atoms with Crippen molar-refractivity contribution in [2.75, 3.05) is 5.73 Å². The Balaban J connectivity index is 1.74. The summed E-state index contributed by atoms with van der Waals surface area (Å²) in [6.45, 7) is 2.21. The molecular formula is C15H18N2O2S. The van der Waals surface area contributed by atoms with Gasteiger partial charge in [0.2, 0.25) is 0 Å². The van der Waals surface area contributed by atoms with E-state index in [1.165, 1.54) is 17.8 Å². The minimum Gasteiger partial charge on any atom is -0.459 e. The summed E-state index contributed by atoms with van der Waals surface area (Å²) in [7, 11) is 0. The number of carbonyl (C=O) groups is 1. The molecule has 1 saturated carbocycles. The van der Waals surface area contributed by atoms with Crippen LogP contribution >= 0.6 is 11.3 Å². The van der Waals surface area contributed by atoms with Crippen molar-refractivity contribution < 1.29 is 9.53 Å². The van der Waals surface area contributed by atoms with Gasteiger partial charge in [-0.2, -0.15) is 0 Å². The van der Waals surface area contributed by atoms with Gasteiger partial charge >= 0.3 is 5.97 Å². The quantitative estimate of drug-likeness (QED) is 0.858. The molecule has 106 valence electrons. The number of hydrogen-bond acceptors (Lipinski definition) is 5. The van der Waals surface area contributed by atoms with Gasteiger partial charge in [-0.1, -0.05) is 24.7 Å². The summed E-state index contributed by atoms with van der Waals surface area (Å²) in [5.74, 6) is 0.406. The predicted octanol–water partition coefficient (Wildman–Crippen LogP) is 3.61. The van der Waals surface area contributed by atoms with Crippen LogP contribution in [0.4, 0.5) is 5.13 Å². The van der Waals surface area contributed by atoms with E-state index in [9.17, 15) is 4.79 Å². The highest BCUT2D eigenvalue weighted by molar-refractivity contribution is 7.22. The number of thiazole rings is 1. The van der Waals surface area contributed by atoms with E-state index in [0.29, 0.717) is 16.6 Å². The summed E-state index contributed by atoms with van der Waals surface area (Å²) < 4.78 is 6.54. The van der Waals surface area contributed by atoms with Crippen molar-refractivity contribution in [3.05, 3.63) is 23.8 Å². The summed E-state index contributed by atoms with van der Waals surface area (Å²) in [5, 5.41) is 0.520. The Morgan fingerprint density at radius 3 is 3.10 bits per heavy atom. The summed E-state index contributed by atoms with van der Waals surface area (Å²) in [6.07, 6.45) is 4.39. The van der Waals surface area contributed by atoms with Crippen LogP contribution in [0.25, 0.3) is 10.2 Å². The molecule has 2 aromatic rings. The zero-order valence-corrected chi connectivity index (χ0v) is 12.3. The van der Waals surface area contributed by atoms with Crippen LogP contribution < -0.4 is 5.73 Å². The Morgan fingerprint density at radius 2 is 2.30 bits per heavy atom. The van der Waals surface area contributed by atoms with Crippen LogP contribution in [0.2, 0.25) is 0 Å². The van der Waals surface area contributed by atoms with E-state index in [2.05, 4.69) is 11.9 Å². The van der Waals surface area contributed by atoms with Gasteiger partial charge < -0.3 is 10.5 Å². The van der Waals surface area contributed by atoms with Gasteiger partial charge in [-0.15, -0.1) is 0 Å². The highest BCUT2D eigenvalue weighted by Crippen LogP contribution is 2.28. The van der Waals surface area contributed by atoms with Crippen LogP contribution in [-0.2, 0) is 4.74 Å². The number of esters is 1. The predicted molar refractivity (Wildman–Crippen MR) is 80.9 cm³/mol. The van der Waals surface area contributed by atoms with E-state index in [4.69, 9.17) is 10.5 Å². The van der Waals surface area contributed by atoms with Crippen LogP contribution in [0.5, 0.6) is 0 Å². The Morgan fingerprint density at radius 1 is 1.45 bits per heavy atom. The first-order valence-corrected chi connectivity index (χ1v) is 7.80. The number of carbonyl (C=O) groups excluding carboxylic acids is 1. The molecule has 0 aliphatic heterocycles. The first-order chi connectivity index (χ1) is 9.61. The van der Waals surface area contributed by atoms with Crippen molar-refractivity contribution in [2.24, 2.45) is 5.92 Å². The Bertz CT molecular complexity index is 638. The van der Waals surface area contributed by atoms with Crippen molar-refractivity contribution >= 4 is 32.7 Å². The van der Waals surface area contributed by atoms with Crippen LogP contribution in [-0.4, -0.2) is 17.1 Å². The number of aromatic nitrogens is 1. The summed E-state index contributed by atoms with van der Waals surface area (Å²) in [6, 6.07) is 5.40. The molecule has 2 N–H and O–H groups in total. The molecule has 1 fully saturated rings. The molecule has 0 amide bonds. The standard InChI is InChI=1S/C15H18N2O2S/c1-9-3-2-4-11(7-9)19-14(18)10-5-6-12-13(8-10)20-15(16)17-12/h5-6,8-9,11H,2-4,7H2,1H3,(H2,16,17). The van der Waals surface area contributed by atoms with Crippen LogP contribution in [0, 0.1) is 5.92 Å². The maximum absolute atomic E-state index is 12.2. The third-order valence-corrected chi connectivity index (χ3v) is 4.65. The fraction of sp³-hybridized carbons (Fsp3) is 0.467. The average molecular weight is 290 g/mol. The first kappa shape index (κ1) is 13.4. The number of nitrogen functional groups attached to an aromatic ring is 1. The molecule has 2 unspecified atom stereocenters. The molecule has 1 aromatic carbocycles. The largest absolute Gasteiger partial charge is 0.459 e. The number of rotatable bonds is 2. The lowest BCUT2D eigenvalue weighted by atomic mass is 9.89. The van der Waals surface area contributed by atoms with E-state index in [1.807, 2.05) is 12.1 Å². The molecule has 3 rings (SSSR count). The molecule has 1 aliphatic rings. The molecule has 0 radical (unpaired) electrons. The van der Waals surface area contributed by atoms with Gasteiger partial charge in [-0.3, -0.25) is 0 Å². The Hall–Kier alpha value is -1.62. The molecular weight excluding hydrogens is 272 g/mol. The van der Waals surface area contributed by atoms with E-state index >= 15 is 0 Å². The number of fused-ring (bicyclic) bond motifs is 1. The third-order valence-electron chi connectivity index (χ3n) is 3.80. The fourth-order valence-corrected chi connectivity index (χ4v) is 3.55. The molecule has 0 saturated heterocycles. The van der Waals surface area contributed by atoms with Crippen molar-refractivity contribution in [3.8, 4) is 0 Å². The summed E-state index contributed by atoms with van der Waals surface area (Å²) in [4.78, 5) is 16.4. The van der Waals surface area contributed by atoms with Crippen LogP contribution in [0.3, 0.4) is 0 Å². The molecule has 5 heteroatoms. The minimum atomic E-state index is -0.238. The SMILES string of the molecule is CC1CCCC(OC(=O)c2ccc3nc(N)sc3c2)C1. The smallest absolute Gasteiger partial charge is 0.338 e. The molecule has 2 atom stereocenters. The summed E-state index contributed by atoms with van der Waals surface area (Å²) in [5.41, 5.74) is 7.08. The van der Waals surface area contributed by atoms with Crippen molar-refractivity contribution in [3.63, 3.8) is 0 Å². The highest BCUT2D eigenvalue weighted by atomic mass is 32.1. The van der Waals surface area contributed by atoms with E-state index in [1.54, 1.807) is 6.07 Å². The van der Waals surface area contributed by atoms with Crippen LogP contribution in [0.1, 0.15) is 43.0 Å². The van der Waals surface area contributed by atoms with Crippen molar-refractivity contribution in [2.45, 2.75) is 38.7 Å². The number of ether oxygens (including phenoxy) is 1. The lowest BCUT2D eigenvalue weighted by Gasteiger charge is -2.26. The molecule has 0 bridgehead atoms. The second-order valence-corrected chi connectivity index (χ2v) is 6.60. The van der Waals surface area contributed by atoms with Gasteiger partial charge in [0, 0.05) is 0 Å². The van der Waals surface area contributed by atoms with Gasteiger partial charge in [0.15, 0.2) is 5.13 Å². The zero-order valence-electron chi connectivity index (χ0n) is 11.5. The molecule has 1 aliphatic carbocycles. The maximum atomic E-state index is 12.2. The number of nitrogens with zero attached hydrogens (tertiary/aromatic N) is 1. The van der Waals surface area contributed by atoms with Gasteiger partial charge in [-0.05, 0) is 43.4 Å². The monoisotopic (exact) mass is 290 g/mol. The van der Waals surface area contributed by atoms with Gasteiger partial charge in [0.1, 0.15) is 6.10 Å². The molecule has 1 aromatic heterocycles. The third kappa shape index (κ3) is 2.77. The van der Waals surface area contributed by atoms with Crippen molar-refractivity contribution in [1.82, 2.24) is 4.98 Å². The lowest BCUT2D eigenvalue weighted by molar-refractivity contribution is 0.0155. The van der Waals surface area contributed by atoms with E-state index < -0.39 is 0 Å². The number of anilines is 1. The van der Waals surface area contributed by atoms with Gasteiger partial charge in [0.25, 0.3) is 0 Å². The fourth-order valence-electron chi connectivity index (χ4n) is 2.77.